The molecule has 0 saturated carbocycles. The first-order chi connectivity index (χ1) is 41.7. The van der Waals surface area contributed by atoms with Crippen molar-refractivity contribution in [3.8, 4) is 21.6 Å². The summed E-state index contributed by atoms with van der Waals surface area (Å²) in [6.45, 7) is 14.4. The molecule has 0 bridgehead atoms. The largest absolute Gasteiger partial charge is 0.417 e. The van der Waals surface area contributed by atoms with E-state index in [4.69, 9.17) is 0 Å². The quantitative estimate of drug-likeness (QED) is 0.0305. The second-order valence-corrected chi connectivity index (χ2v) is 25.0. The molecule has 3 fully saturated rings. The number of aromatic nitrogens is 4. The number of aromatic amines is 1. The van der Waals surface area contributed by atoms with Crippen molar-refractivity contribution in [2.24, 2.45) is 5.41 Å². The van der Waals surface area contributed by atoms with Gasteiger partial charge in [0.1, 0.15) is 17.9 Å². The standard InChI is InChI=1S/C62H79F4N13O8S/c1-37-33-78(34-38(2)75(37)7)49-28-47(63)44(26-48(49)73-57(85)45-32-68-53(83)27-46(45)62(64,65)66)42-30-70-60(71-31-42)77-23-21-76(22-24-77)54(84)19-18-51(81)67-20-12-10-8-9-11-13-52(82)74-56(61(4,5)6)59(87)79-35-43(80)25-50(79)58(86)69-29-40-14-16-41(17-15-40)55-39(3)72-36-88-55/h14-17,26-28,30-32,36-38,43,50,56,80H,8-13,18-25,29,33-35H2,1-7H3,(H,67,81)(H,68,83)(H,69,86)(H,73,85)(H,74,82)/t37-,38+,43-,50+,56-/m1/s1. The van der Waals surface area contributed by atoms with Crippen LogP contribution >= 0.6 is 11.3 Å². The van der Waals surface area contributed by atoms with Crippen molar-refractivity contribution in [1.82, 2.24) is 50.6 Å². The number of nitrogens with zero attached hydrogens (tertiary/aromatic N) is 8. The van der Waals surface area contributed by atoms with E-state index in [-0.39, 0.29) is 97.0 Å². The summed E-state index contributed by atoms with van der Waals surface area (Å²) in [5.74, 6) is -3.03. The maximum atomic E-state index is 16.2. The van der Waals surface area contributed by atoms with Crippen molar-refractivity contribution in [2.45, 2.75) is 142 Å². The number of aliphatic hydroxyl groups excluding tert-OH is 1. The van der Waals surface area contributed by atoms with Crippen LogP contribution in [-0.4, -0.2) is 165 Å². The molecule has 26 heteroatoms. The molecule has 6 N–H and O–H groups in total. The number of rotatable bonds is 22. The van der Waals surface area contributed by atoms with Crippen molar-refractivity contribution in [3.63, 3.8) is 0 Å². The number of piperazine rings is 2. The number of carbonyl (C=O) groups is 6. The number of likely N-dealkylation sites (tertiary alicyclic amines) is 1. The van der Waals surface area contributed by atoms with Gasteiger partial charge in [-0.05, 0) is 69.3 Å². The van der Waals surface area contributed by atoms with Crippen molar-refractivity contribution >= 4 is 64.1 Å². The van der Waals surface area contributed by atoms with Gasteiger partial charge in [-0.25, -0.2) is 19.3 Å². The Morgan fingerprint density at radius 1 is 0.807 bits per heavy atom. The third-order valence-corrected chi connectivity index (χ3v) is 17.5. The van der Waals surface area contributed by atoms with Gasteiger partial charge in [-0.15, -0.1) is 11.3 Å². The van der Waals surface area contributed by atoms with Gasteiger partial charge in [-0.3, -0.25) is 38.5 Å². The Hall–Kier alpha value is -7.84. The number of likely N-dealkylation sites (N-methyl/N-ethyl adjacent to an activating group) is 1. The number of hydrogen-bond acceptors (Lipinski definition) is 15. The van der Waals surface area contributed by atoms with Crippen molar-refractivity contribution in [1.29, 1.82) is 0 Å². The zero-order chi connectivity index (χ0) is 63.6. The van der Waals surface area contributed by atoms with Gasteiger partial charge in [0.2, 0.25) is 41.0 Å². The fraction of sp³-hybridized carbons (Fsp3) is 0.516. The number of hydrogen-bond donors (Lipinski definition) is 6. The van der Waals surface area contributed by atoms with E-state index in [0.29, 0.717) is 76.9 Å². The molecular weight excluding hydrogens is 1160 g/mol. The molecular formula is C62H79F4N13O8S. The minimum absolute atomic E-state index is 0.0137. The normalized spacial score (nSPS) is 18.7. The molecule has 8 rings (SSSR count). The molecule has 5 atom stereocenters. The summed E-state index contributed by atoms with van der Waals surface area (Å²) in [6.07, 6.45) is 1.60. The Labute approximate surface area is 513 Å². The summed E-state index contributed by atoms with van der Waals surface area (Å²) >= 11 is 1.56. The monoisotopic (exact) mass is 1240 g/mol. The number of aryl methyl sites for hydroxylation is 1. The first-order valence-electron chi connectivity index (χ1n) is 29.8. The van der Waals surface area contributed by atoms with Crippen LogP contribution in [0.3, 0.4) is 0 Å². The second-order valence-electron chi connectivity index (χ2n) is 24.1. The van der Waals surface area contributed by atoms with Crippen LogP contribution in [-0.2, 0) is 36.7 Å². The number of halogens is 4. The number of carbonyl (C=O) groups excluding carboxylic acids is 6. The highest BCUT2D eigenvalue weighted by molar-refractivity contribution is 7.13. The minimum atomic E-state index is -5.01. The van der Waals surface area contributed by atoms with E-state index >= 15 is 4.39 Å². The Balaban J connectivity index is 0.731. The van der Waals surface area contributed by atoms with E-state index in [1.54, 1.807) is 21.7 Å². The molecule has 0 spiro atoms. The van der Waals surface area contributed by atoms with Gasteiger partial charge in [-0.2, -0.15) is 13.2 Å². The molecule has 0 radical (unpaired) electrons. The van der Waals surface area contributed by atoms with Crippen LogP contribution in [0.4, 0.5) is 34.9 Å². The summed E-state index contributed by atoms with van der Waals surface area (Å²) < 4.78 is 58.2. The summed E-state index contributed by atoms with van der Waals surface area (Å²) in [6, 6.07) is 8.91. The van der Waals surface area contributed by atoms with E-state index in [1.807, 2.05) is 82.7 Å². The summed E-state index contributed by atoms with van der Waals surface area (Å²) in [7, 11) is 1.96. The Bertz CT molecular complexity index is 3340. The number of aliphatic hydroxyl groups is 1. The van der Waals surface area contributed by atoms with Crippen LogP contribution in [0.1, 0.15) is 120 Å². The molecule has 474 valence electrons. The fourth-order valence-electron chi connectivity index (χ4n) is 11.3. The maximum Gasteiger partial charge on any atom is 0.417 e. The van der Waals surface area contributed by atoms with Crippen molar-refractivity contribution in [3.05, 3.63) is 105 Å². The van der Waals surface area contributed by atoms with E-state index in [1.165, 1.54) is 29.4 Å². The molecule has 21 nitrogen and oxygen atoms in total. The van der Waals surface area contributed by atoms with Crippen LogP contribution < -0.4 is 36.6 Å². The molecule has 3 aromatic heterocycles. The van der Waals surface area contributed by atoms with E-state index in [2.05, 4.69) is 46.1 Å². The van der Waals surface area contributed by atoms with Crippen molar-refractivity contribution < 1.29 is 51.4 Å². The predicted molar refractivity (Wildman–Crippen MR) is 327 cm³/mol. The molecule has 6 heterocycles. The lowest BCUT2D eigenvalue weighted by atomic mass is 9.85. The van der Waals surface area contributed by atoms with Gasteiger partial charge in [0, 0.05) is 132 Å². The van der Waals surface area contributed by atoms with Gasteiger partial charge < -0.3 is 51.0 Å². The average Bonchev–Trinajstić information content (AvgIpc) is 1.93. The molecule has 88 heavy (non-hydrogen) atoms. The van der Waals surface area contributed by atoms with Gasteiger partial charge >= 0.3 is 6.18 Å². The molecule has 3 saturated heterocycles. The smallest absolute Gasteiger partial charge is 0.391 e. The number of β-amino-alcohol motifs (C(OH)–C–C–N with tert-alkyl or cyclic N) is 1. The highest BCUT2D eigenvalue weighted by Crippen LogP contribution is 2.38. The fourth-order valence-corrected chi connectivity index (χ4v) is 12.1. The topological polar surface area (TPSA) is 258 Å². The van der Waals surface area contributed by atoms with Crippen LogP contribution in [0, 0.1) is 18.2 Å². The molecule has 3 aliphatic rings. The lowest BCUT2D eigenvalue weighted by molar-refractivity contribution is -0.144. The van der Waals surface area contributed by atoms with Crippen LogP contribution in [0.25, 0.3) is 21.6 Å². The van der Waals surface area contributed by atoms with Crippen LogP contribution in [0.15, 0.2) is 71.4 Å². The van der Waals surface area contributed by atoms with Gasteiger partial charge in [0.15, 0.2) is 0 Å². The summed E-state index contributed by atoms with van der Waals surface area (Å²) in [4.78, 5) is 117. The molecule has 6 amide bonds. The number of benzene rings is 2. The molecule has 0 unspecified atom stereocenters. The number of H-pyrrole nitrogens is 1. The maximum absolute atomic E-state index is 16.2. The van der Waals surface area contributed by atoms with Gasteiger partial charge in [-0.1, -0.05) is 64.3 Å². The zero-order valence-electron chi connectivity index (χ0n) is 50.8. The second kappa shape index (κ2) is 29.0. The third-order valence-electron chi connectivity index (χ3n) is 16.6. The Morgan fingerprint density at radius 3 is 2.12 bits per heavy atom. The van der Waals surface area contributed by atoms with Crippen molar-refractivity contribution in [2.75, 3.05) is 74.5 Å². The third kappa shape index (κ3) is 16.9. The lowest BCUT2D eigenvalue weighted by Gasteiger charge is -2.44. The summed E-state index contributed by atoms with van der Waals surface area (Å²) in [5.41, 5.74) is 1.21. The Kier molecular flexibility index (Phi) is 21.8. The molecule has 3 aliphatic heterocycles. The highest BCUT2D eigenvalue weighted by atomic mass is 32.1. The first-order valence-corrected chi connectivity index (χ1v) is 30.7. The number of pyridine rings is 1. The average molecular weight is 1240 g/mol. The number of thiazole rings is 1. The SMILES string of the molecule is Cc1ncsc1-c1ccc(CNC(=O)[C@@H]2C[C@@H](O)CN2C(=O)[C@@H](NC(=O)CCCCCCCNC(=O)CCC(=O)N2CCN(c3ncc(-c4cc(NC(=O)c5c[nH]c(=O)cc5C(F)(F)F)c(N5C[C@@H](C)N(C)[C@@H](C)C5)cc4F)cn3)CC2)C(C)(C)C)cc1. The zero-order valence-corrected chi connectivity index (χ0v) is 51.6. The van der Waals surface area contributed by atoms with Gasteiger partial charge in [0.05, 0.1) is 44.7 Å². The number of nitrogens with one attached hydrogen (secondary N) is 5. The highest BCUT2D eigenvalue weighted by Gasteiger charge is 2.45. The first kappa shape index (κ1) is 66.1. The summed E-state index contributed by atoms with van der Waals surface area (Å²) in [5, 5.41) is 21.9. The number of amides is 6. The molecule has 5 aromatic rings. The van der Waals surface area contributed by atoms with E-state index in [0.717, 1.165) is 41.0 Å². The van der Waals surface area contributed by atoms with Gasteiger partial charge in [0.25, 0.3) is 5.91 Å². The molecule has 0 aliphatic carbocycles. The lowest BCUT2D eigenvalue weighted by Crippen LogP contribution is -2.57. The van der Waals surface area contributed by atoms with E-state index in [9.17, 15) is 51.8 Å². The van der Waals surface area contributed by atoms with E-state index < -0.39 is 64.1 Å². The minimum Gasteiger partial charge on any atom is -0.391 e. The molecule has 2 aromatic carbocycles. The van der Waals surface area contributed by atoms with Crippen LogP contribution in [0.2, 0.25) is 0 Å². The Morgan fingerprint density at radius 2 is 1.48 bits per heavy atom. The number of alkyl halides is 3. The predicted octanol–water partition coefficient (Wildman–Crippen LogP) is 6.90. The number of unbranched alkanes of at least 4 members (excludes halogenated alkanes) is 4. The number of anilines is 3. The van der Waals surface area contributed by atoms with Crippen LogP contribution in [0.5, 0.6) is 0 Å².